The molecule has 5 nitrogen and oxygen atoms in total. The van der Waals surface area contributed by atoms with Crippen LogP contribution in [-0.4, -0.2) is 16.4 Å². The average Bonchev–Trinajstić information content (AvgIpc) is 2.60. The number of hydrogen-bond acceptors (Lipinski definition) is 4. The number of aryl methyl sites for hydroxylation is 1. The molecule has 0 atom stereocenters. The highest BCUT2D eigenvalue weighted by Crippen LogP contribution is 2.22. The molecular formula is C17H15FN4O. The number of nitrogens with one attached hydrogen (secondary N) is 1. The number of para-hydroxylation sites is 1. The van der Waals surface area contributed by atoms with Crippen LogP contribution in [0.2, 0.25) is 0 Å². The maximum atomic E-state index is 13.3. The predicted molar refractivity (Wildman–Crippen MR) is 87.7 cm³/mol. The zero-order valence-corrected chi connectivity index (χ0v) is 12.5. The first-order chi connectivity index (χ1) is 11.2. The minimum atomic E-state index is 0.0486. The van der Waals surface area contributed by atoms with Gasteiger partial charge in [0, 0.05) is 11.9 Å². The molecule has 0 aliphatic carbocycles. The van der Waals surface area contributed by atoms with Gasteiger partial charge in [-0.15, -0.1) is 5.12 Å². The number of benzene rings is 2. The Labute approximate surface area is 132 Å². The van der Waals surface area contributed by atoms with E-state index < -0.39 is 0 Å². The molecule has 116 valence electrons. The zero-order valence-electron chi connectivity index (χ0n) is 12.5. The first-order valence-corrected chi connectivity index (χ1v) is 7.12. The molecule has 1 N–H and O–H groups in total. The van der Waals surface area contributed by atoms with Gasteiger partial charge in [-0.05, 0) is 36.2 Å². The Hall–Kier alpha value is -3.02. The summed E-state index contributed by atoms with van der Waals surface area (Å²) in [6.07, 6.45) is 1.65. The quantitative estimate of drug-likeness (QED) is 0.579. The van der Waals surface area contributed by atoms with E-state index in [0.717, 1.165) is 27.8 Å². The monoisotopic (exact) mass is 310 g/mol. The van der Waals surface area contributed by atoms with Crippen LogP contribution < -0.4 is 10.4 Å². The first kappa shape index (κ1) is 14.9. The summed E-state index contributed by atoms with van der Waals surface area (Å²) in [6.45, 7) is 2.46. The Morgan fingerprint density at radius 3 is 2.87 bits per heavy atom. The molecule has 1 aromatic heterocycles. The second-order valence-corrected chi connectivity index (χ2v) is 5.13. The number of carbonyl (C=O) groups is 1. The first-order valence-electron chi connectivity index (χ1n) is 7.12. The Bertz CT molecular complexity index is 853. The molecule has 0 aliphatic rings. The van der Waals surface area contributed by atoms with Gasteiger partial charge < -0.3 is 5.32 Å². The Morgan fingerprint density at radius 2 is 2.04 bits per heavy atom. The summed E-state index contributed by atoms with van der Waals surface area (Å²) >= 11 is 0. The number of nitrogens with zero attached hydrogens (tertiary/aromatic N) is 3. The lowest BCUT2D eigenvalue weighted by molar-refractivity contribution is -0.109. The summed E-state index contributed by atoms with van der Waals surface area (Å²) in [5.41, 5.74) is 3.01. The van der Waals surface area contributed by atoms with E-state index in [4.69, 9.17) is 0 Å². The molecule has 0 aliphatic heterocycles. The standard InChI is InChI=1S/C17H15FN4O/c1-12-4-2-7-15-16(12)20-10-21-17(15)19-9-13-5-3-6-14(8-13)22(18)11-23/h2-8,10-11H,9H2,1H3,(H,19,20,21). The summed E-state index contributed by atoms with van der Waals surface area (Å²) in [5, 5.41) is 4.22. The number of fused-ring (bicyclic) bond motifs is 1. The third-order valence-corrected chi connectivity index (χ3v) is 3.58. The molecular weight excluding hydrogens is 295 g/mol. The summed E-state index contributed by atoms with van der Waals surface area (Å²) in [7, 11) is 0. The molecule has 0 saturated carbocycles. The van der Waals surface area contributed by atoms with Gasteiger partial charge in [0.25, 0.3) is 0 Å². The lowest BCUT2D eigenvalue weighted by atomic mass is 10.1. The minimum absolute atomic E-state index is 0.0486. The van der Waals surface area contributed by atoms with Crippen LogP contribution in [-0.2, 0) is 11.3 Å². The summed E-state index contributed by atoms with van der Waals surface area (Å²) < 4.78 is 13.3. The number of aromatic nitrogens is 2. The number of amides is 1. The molecule has 3 rings (SSSR count). The molecule has 23 heavy (non-hydrogen) atoms. The Kier molecular flexibility index (Phi) is 4.14. The lowest BCUT2D eigenvalue weighted by Gasteiger charge is -2.11. The Balaban J connectivity index is 1.84. The van der Waals surface area contributed by atoms with Crippen molar-refractivity contribution in [2.24, 2.45) is 0 Å². The fourth-order valence-electron chi connectivity index (χ4n) is 2.42. The van der Waals surface area contributed by atoms with Crippen molar-refractivity contribution >= 4 is 28.8 Å². The van der Waals surface area contributed by atoms with Gasteiger partial charge in [-0.25, -0.2) is 9.97 Å². The van der Waals surface area contributed by atoms with E-state index in [2.05, 4.69) is 15.3 Å². The summed E-state index contributed by atoms with van der Waals surface area (Å²) in [4.78, 5) is 19.1. The van der Waals surface area contributed by atoms with Crippen LogP contribution in [0.15, 0.2) is 48.8 Å². The van der Waals surface area contributed by atoms with Gasteiger partial charge >= 0.3 is 0 Å². The largest absolute Gasteiger partial charge is 0.365 e. The van der Waals surface area contributed by atoms with Crippen molar-refractivity contribution in [2.45, 2.75) is 13.5 Å². The molecule has 0 fully saturated rings. The van der Waals surface area contributed by atoms with Crippen LogP contribution in [0.25, 0.3) is 10.9 Å². The molecule has 0 radical (unpaired) electrons. The minimum Gasteiger partial charge on any atom is -0.365 e. The van der Waals surface area contributed by atoms with Crippen LogP contribution in [0, 0.1) is 6.92 Å². The molecule has 0 saturated heterocycles. The second-order valence-electron chi connectivity index (χ2n) is 5.13. The van der Waals surface area contributed by atoms with Gasteiger partial charge in [-0.3, -0.25) is 4.79 Å². The fraction of sp³-hybridized carbons (Fsp3) is 0.118. The maximum Gasteiger partial charge on any atom is 0.242 e. The number of rotatable bonds is 5. The average molecular weight is 310 g/mol. The molecule has 3 aromatic rings. The molecule has 2 aromatic carbocycles. The second kappa shape index (κ2) is 6.39. The third kappa shape index (κ3) is 3.11. The van der Waals surface area contributed by atoms with E-state index in [1.165, 1.54) is 12.4 Å². The molecule has 1 amide bonds. The van der Waals surface area contributed by atoms with Crippen molar-refractivity contribution in [3.8, 4) is 0 Å². The van der Waals surface area contributed by atoms with Crippen molar-refractivity contribution in [1.82, 2.24) is 9.97 Å². The zero-order chi connectivity index (χ0) is 16.2. The summed E-state index contributed by atoms with van der Waals surface area (Å²) in [6, 6.07) is 12.6. The molecule has 0 spiro atoms. The highest BCUT2D eigenvalue weighted by atomic mass is 19.2. The van der Waals surface area contributed by atoms with Crippen molar-refractivity contribution in [3.05, 3.63) is 59.9 Å². The van der Waals surface area contributed by atoms with Crippen molar-refractivity contribution in [2.75, 3.05) is 10.4 Å². The predicted octanol–water partition coefficient (Wildman–Crippen LogP) is 3.40. The van der Waals surface area contributed by atoms with Gasteiger partial charge in [0.05, 0.1) is 11.2 Å². The van der Waals surface area contributed by atoms with Gasteiger partial charge in [0.1, 0.15) is 12.1 Å². The van der Waals surface area contributed by atoms with E-state index in [1.54, 1.807) is 12.1 Å². The van der Waals surface area contributed by atoms with Crippen molar-refractivity contribution in [1.29, 1.82) is 0 Å². The van der Waals surface area contributed by atoms with Gasteiger partial charge in [0.2, 0.25) is 6.41 Å². The van der Waals surface area contributed by atoms with Crippen molar-refractivity contribution < 1.29 is 9.28 Å². The highest BCUT2D eigenvalue weighted by molar-refractivity contribution is 5.90. The van der Waals surface area contributed by atoms with Crippen LogP contribution in [0.1, 0.15) is 11.1 Å². The molecule has 1 heterocycles. The number of carbonyl (C=O) groups excluding carboxylic acids is 1. The topological polar surface area (TPSA) is 58.1 Å². The van der Waals surface area contributed by atoms with Crippen LogP contribution >= 0.6 is 0 Å². The number of anilines is 2. The van der Waals surface area contributed by atoms with E-state index in [1.807, 2.05) is 31.2 Å². The highest BCUT2D eigenvalue weighted by Gasteiger charge is 2.07. The number of halogens is 1. The van der Waals surface area contributed by atoms with Gasteiger partial charge in [0.15, 0.2) is 0 Å². The van der Waals surface area contributed by atoms with E-state index in [0.29, 0.717) is 6.54 Å². The lowest BCUT2D eigenvalue weighted by Crippen LogP contribution is -2.09. The molecule has 0 unspecified atom stereocenters. The number of hydrogen-bond donors (Lipinski definition) is 1. The smallest absolute Gasteiger partial charge is 0.242 e. The van der Waals surface area contributed by atoms with Crippen molar-refractivity contribution in [3.63, 3.8) is 0 Å². The van der Waals surface area contributed by atoms with E-state index in [9.17, 15) is 9.28 Å². The van der Waals surface area contributed by atoms with E-state index >= 15 is 0 Å². The van der Waals surface area contributed by atoms with E-state index in [-0.39, 0.29) is 17.2 Å². The van der Waals surface area contributed by atoms with Crippen LogP contribution in [0.5, 0.6) is 0 Å². The maximum absolute atomic E-state index is 13.3. The SMILES string of the molecule is Cc1cccc2c(NCc3cccc(N(F)C=O)c3)ncnc12. The third-order valence-electron chi connectivity index (χ3n) is 3.58. The Morgan fingerprint density at radius 1 is 1.22 bits per heavy atom. The summed E-state index contributed by atoms with van der Waals surface area (Å²) in [5.74, 6) is 0.719. The normalized spacial score (nSPS) is 10.5. The van der Waals surface area contributed by atoms with Crippen LogP contribution in [0.3, 0.4) is 0 Å². The van der Waals surface area contributed by atoms with Crippen LogP contribution in [0.4, 0.5) is 16.0 Å². The molecule has 0 bridgehead atoms. The van der Waals surface area contributed by atoms with Gasteiger partial charge in [-0.2, -0.15) is 0 Å². The van der Waals surface area contributed by atoms with Gasteiger partial charge in [-0.1, -0.05) is 28.7 Å². The molecule has 6 heteroatoms. The fourth-order valence-corrected chi connectivity index (χ4v) is 2.42.